The van der Waals surface area contributed by atoms with E-state index in [0.717, 1.165) is 16.9 Å². The predicted octanol–water partition coefficient (Wildman–Crippen LogP) is 3.32. The number of rotatable bonds is 6. The predicted molar refractivity (Wildman–Crippen MR) is 96.0 cm³/mol. The van der Waals surface area contributed by atoms with Gasteiger partial charge in [0.2, 0.25) is 0 Å². The summed E-state index contributed by atoms with van der Waals surface area (Å²) in [6.07, 6.45) is 1.99. The summed E-state index contributed by atoms with van der Waals surface area (Å²) in [5.41, 5.74) is 2.63. The number of nitrogens with one attached hydrogen (secondary N) is 1. The van der Waals surface area contributed by atoms with Crippen molar-refractivity contribution < 1.29 is 9.50 Å². The largest absolute Gasteiger partial charge is 0.384 e. The van der Waals surface area contributed by atoms with Crippen LogP contribution in [0.15, 0.2) is 60.8 Å². The van der Waals surface area contributed by atoms with E-state index >= 15 is 0 Å². The molecule has 1 aromatic heterocycles. The molecule has 0 radical (unpaired) electrons. The second-order valence-corrected chi connectivity index (χ2v) is 6.40. The van der Waals surface area contributed by atoms with Gasteiger partial charge < -0.3 is 10.4 Å². The van der Waals surface area contributed by atoms with E-state index in [1.807, 2.05) is 48.1 Å². The highest BCUT2D eigenvalue weighted by Gasteiger charge is 2.22. The molecule has 0 bridgehead atoms. The van der Waals surface area contributed by atoms with Crippen LogP contribution < -0.4 is 5.32 Å². The van der Waals surface area contributed by atoms with Crippen molar-refractivity contribution >= 4 is 0 Å². The molecule has 0 fully saturated rings. The number of aryl methyl sites for hydroxylation is 1. The molecule has 4 nitrogen and oxygen atoms in total. The number of nitrogens with zero attached hydrogens (tertiary/aromatic N) is 2. The molecule has 0 saturated carbocycles. The van der Waals surface area contributed by atoms with E-state index in [1.54, 1.807) is 19.1 Å². The van der Waals surface area contributed by atoms with Gasteiger partial charge in [0.15, 0.2) is 0 Å². The average Bonchev–Trinajstić information content (AvgIpc) is 2.97. The van der Waals surface area contributed by atoms with Crippen LogP contribution in [-0.2, 0) is 12.1 Å². The molecule has 0 aliphatic rings. The van der Waals surface area contributed by atoms with Gasteiger partial charge in [-0.25, -0.2) is 9.07 Å². The van der Waals surface area contributed by atoms with Crippen LogP contribution in [0.4, 0.5) is 4.39 Å². The standard InChI is InChI=1S/C20H22FN3O/c1-15-16(13-24(23-15)19-6-4-3-5-7-19)12-22-14-20(2,25)17-8-10-18(21)11-9-17/h3-11,13,22,25H,12,14H2,1-2H3. The molecule has 0 saturated heterocycles. The van der Waals surface area contributed by atoms with E-state index in [4.69, 9.17) is 0 Å². The topological polar surface area (TPSA) is 50.1 Å². The number of aromatic nitrogens is 2. The second kappa shape index (κ2) is 7.17. The molecule has 5 heteroatoms. The van der Waals surface area contributed by atoms with Crippen molar-refractivity contribution in [3.63, 3.8) is 0 Å². The minimum atomic E-state index is -1.07. The molecule has 2 aromatic carbocycles. The van der Waals surface area contributed by atoms with Crippen molar-refractivity contribution in [3.8, 4) is 5.69 Å². The van der Waals surface area contributed by atoms with Gasteiger partial charge in [0, 0.05) is 24.8 Å². The fourth-order valence-electron chi connectivity index (χ4n) is 2.73. The lowest BCUT2D eigenvalue weighted by atomic mass is 9.96. The zero-order valence-electron chi connectivity index (χ0n) is 14.4. The van der Waals surface area contributed by atoms with E-state index in [2.05, 4.69) is 10.4 Å². The maximum atomic E-state index is 13.0. The summed E-state index contributed by atoms with van der Waals surface area (Å²) >= 11 is 0. The Bertz CT molecular complexity index is 826. The third-order valence-electron chi connectivity index (χ3n) is 4.27. The summed E-state index contributed by atoms with van der Waals surface area (Å²) in [6, 6.07) is 15.9. The number of hydrogen-bond acceptors (Lipinski definition) is 3. The molecule has 130 valence electrons. The third-order valence-corrected chi connectivity index (χ3v) is 4.27. The smallest absolute Gasteiger partial charge is 0.123 e. The lowest BCUT2D eigenvalue weighted by Crippen LogP contribution is -2.35. The van der Waals surface area contributed by atoms with Gasteiger partial charge in [0.05, 0.1) is 17.0 Å². The van der Waals surface area contributed by atoms with Crippen molar-refractivity contribution in [2.45, 2.75) is 26.0 Å². The number of para-hydroxylation sites is 1. The van der Waals surface area contributed by atoms with Gasteiger partial charge in [-0.2, -0.15) is 5.10 Å². The maximum absolute atomic E-state index is 13.0. The van der Waals surface area contributed by atoms with Crippen LogP contribution in [0.2, 0.25) is 0 Å². The van der Waals surface area contributed by atoms with Gasteiger partial charge in [-0.05, 0) is 43.7 Å². The van der Waals surface area contributed by atoms with Gasteiger partial charge in [-0.3, -0.25) is 0 Å². The first-order chi connectivity index (χ1) is 12.0. The molecule has 1 atom stereocenters. The molecule has 2 N–H and O–H groups in total. The van der Waals surface area contributed by atoms with Crippen molar-refractivity contribution in [1.29, 1.82) is 0 Å². The van der Waals surface area contributed by atoms with E-state index in [9.17, 15) is 9.50 Å². The van der Waals surface area contributed by atoms with Crippen LogP contribution in [0.3, 0.4) is 0 Å². The Morgan fingerprint density at radius 1 is 1.12 bits per heavy atom. The van der Waals surface area contributed by atoms with E-state index in [-0.39, 0.29) is 5.82 Å². The number of halogens is 1. The highest BCUT2D eigenvalue weighted by Crippen LogP contribution is 2.20. The van der Waals surface area contributed by atoms with Gasteiger partial charge in [0.1, 0.15) is 5.82 Å². The van der Waals surface area contributed by atoms with Crippen molar-refractivity contribution in [3.05, 3.63) is 83.4 Å². The Hall–Kier alpha value is -2.50. The lowest BCUT2D eigenvalue weighted by Gasteiger charge is -2.24. The third kappa shape index (κ3) is 4.13. The van der Waals surface area contributed by atoms with Crippen LogP contribution in [0, 0.1) is 12.7 Å². The molecule has 0 aliphatic heterocycles. The molecular formula is C20H22FN3O. The van der Waals surface area contributed by atoms with E-state index in [1.165, 1.54) is 12.1 Å². The van der Waals surface area contributed by atoms with Gasteiger partial charge >= 0.3 is 0 Å². The summed E-state index contributed by atoms with van der Waals surface area (Å²) in [7, 11) is 0. The normalized spacial score (nSPS) is 13.6. The summed E-state index contributed by atoms with van der Waals surface area (Å²) in [5.74, 6) is -0.309. The Kier molecular flexibility index (Phi) is 4.97. The Balaban J connectivity index is 1.64. The fraction of sp³-hybridized carbons (Fsp3) is 0.250. The van der Waals surface area contributed by atoms with Crippen molar-refractivity contribution in [1.82, 2.24) is 15.1 Å². The maximum Gasteiger partial charge on any atom is 0.123 e. The van der Waals surface area contributed by atoms with Gasteiger partial charge in [-0.15, -0.1) is 0 Å². The van der Waals surface area contributed by atoms with E-state index < -0.39 is 5.60 Å². The van der Waals surface area contributed by atoms with Crippen LogP contribution in [0.5, 0.6) is 0 Å². The lowest BCUT2D eigenvalue weighted by molar-refractivity contribution is 0.0566. The van der Waals surface area contributed by atoms with Crippen LogP contribution in [0.25, 0.3) is 5.69 Å². The van der Waals surface area contributed by atoms with Crippen LogP contribution >= 0.6 is 0 Å². The second-order valence-electron chi connectivity index (χ2n) is 6.40. The number of aliphatic hydroxyl groups is 1. The molecule has 0 amide bonds. The summed E-state index contributed by atoms with van der Waals surface area (Å²) in [4.78, 5) is 0. The average molecular weight is 339 g/mol. The first-order valence-corrected chi connectivity index (χ1v) is 8.25. The molecule has 3 rings (SSSR count). The van der Waals surface area contributed by atoms with Crippen LogP contribution in [0.1, 0.15) is 23.7 Å². The first-order valence-electron chi connectivity index (χ1n) is 8.25. The molecule has 0 spiro atoms. The van der Waals surface area contributed by atoms with Gasteiger partial charge in [-0.1, -0.05) is 30.3 Å². The molecule has 25 heavy (non-hydrogen) atoms. The van der Waals surface area contributed by atoms with Crippen molar-refractivity contribution in [2.24, 2.45) is 0 Å². The van der Waals surface area contributed by atoms with Gasteiger partial charge in [0.25, 0.3) is 0 Å². The van der Waals surface area contributed by atoms with E-state index in [0.29, 0.717) is 18.7 Å². The Morgan fingerprint density at radius 3 is 2.48 bits per heavy atom. The molecule has 1 unspecified atom stereocenters. The Labute approximate surface area is 146 Å². The molecule has 3 aromatic rings. The first kappa shape index (κ1) is 17.3. The van der Waals surface area contributed by atoms with Crippen LogP contribution in [-0.4, -0.2) is 21.4 Å². The Morgan fingerprint density at radius 2 is 1.80 bits per heavy atom. The highest BCUT2D eigenvalue weighted by molar-refractivity contribution is 5.32. The number of benzene rings is 2. The summed E-state index contributed by atoms with van der Waals surface area (Å²) in [5, 5.41) is 18.4. The molecular weight excluding hydrogens is 317 g/mol. The SMILES string of the molecule is Cc1nn(-c2ccccc2)cc1CNCC(C)(O)c1ccc(F)cc1. The fourth-order valence-corrected chi connectivity index (χ4v) is 2.73. The monoisotopic (exact) mass is 339 g/mol. The molecule has 1 heterocycles. The summed E-state index contributed by atoms with van der Waals surface area (Å²) < 4.78 is 14.9. The zero-order chi connectivity index (χ0) is 17.9. The summed E-state index contributed by atoms with van der Waals surface area (Å²) in [6.45, 7) is 4.63. The minimum absolute atomic E-state index is 0.309. The minimum Gasteiger partial charge on any atom is -0.384 e. The zero-order valence-corrected chi connectivity index (χ0v) is 14.4. The van der Waals surface area contributed by atoms with Crippen molar-refractivity contribution in [2.75, 3.05) is 6.54 Å². The quantitative estimate of drug-likeness (QED) is 0.724. The molecule has 0 aliphatic carbocycles. The highest BCUT2D eigenvalue weighted by atomic mass is 19.1. The number of hydrogen-bond donors (Lipinski definition) is 2.